The molecule has 0 saturated carbocycles. The summed E-state index contributed by atoms with van der Waals surface area (Å²) in [5.74, 6) is 1.05. The maximum absolute atomic E-state index is 5.78. The van der Waals surface area contributed by atoms with Gasteiger partial charge in [-0.25, -0.2) is 4.98 Å². The molecule has 0 unspecified atom stereocenters. The Hall–Kier alpha value is -2.10. The molecular weight excluding hydrogens is 226 g/mol. The summed E-state index contributed by atoms with van der Waals surface area (Å²) in [5.41, 5.74) is 7.43. The summed E-state index contributed by atoms with van der Waals surface area (Å²) in [5, 5.41) is 0. The highest BCUT2D eigenvalue weighted by Crippen LogP contribution is 2.28. The van der Waals surface area contributed by atoms with Crippen LogP contribution in [0.25, 0.3) is 0 Å². The van der Waals surface area contributed by atoms with Crippen molar-refractivity contribution in [2.45, 2.75) is 26.2 Å². The summed E-state index contributed by atoms with van der Waals surface area (Å²) in [6.07, 6.45) is 5.14. The van der Waals surface area contributed by atoms with Crippen molar-refractivity contribution < 1.29 is 4.74 Å². The van der Waals surface area contributed by atoms with Crippen LogP contribution in [0.15, 0.2) is 36.8 Å². The van der Waals surface area contributed by atoms with E-state index in [4.69, 9.17) is 10.5 Å². The molecule has 0 amide bonds. The van der Waals surface area contributed by atoms with Gasteiger partial charge in [-0.3, -0.25) is 4.98 Å². The molecule has 2 heterocycles. The number of rotatable bonds is 2. The second-order valence-electron chi connectivity index (χ2n) is 5.16. The first-order valence-electron chi connectivity index (χ1n) is 5.81. The third kappa shape index (κ3) is 2.77. The number of hydrogen-bond donors (Lipinski definition) is 1. The average Bonchev–Trinajstić information content (AvgIpc) is 2.31. The van der Waals surface area contributed by atoms with E-state index in [9.17, 15) is 0 Å². The fourth-order valence-corrected chi connectivity index (χ4v) is 1.48. The predicted molar refractivity (Wildman–Crippen MR) is 71.7 cm³/mol. The van der Waals surface area contributed by atoms with Gasteiger partial charge in [0.1, 0.15) is 5.75 Å². The number of hydrogen-bond acceptors (Lipinski definition) is 4. The van der Waals surface area contributed by atoms with E-state index in [1.165, 1.54) is 0 Å². The van der Waals surface area contributed by atoms with Crippen molar-refractivity contribution in [2.75, 3.05) is 5.73 Å². The molecule has 0 bridgehead atoms. The number of nitrogen functional groups attached to an aromatic ring is 1. The molecule has 0 saturated heterocycles. The van der Waals surface area contributed by atoms with E-state index in [2.05, 4.69) is 30.7 Å². The lowest BCUT2D eigenvalue weighted by molar-refractivity contribution is 0.459. The molecule has 2 aromatic rings. The van der Waals surface area contributed by atoms with E-state index in [1.54, 1.807) is 24.5 Å². The summed E-state index contributed by atoms with van der Waals surface area (Å²) < 4.78 is 5.65. The zero-order valence-electron chi connectivity index (χ0n) is 10.8. The molecule has 4 heteroatoms. The van der Waals surface area contributed by atoms with Gasteiger partial charge in [-0.1, -0.05) is 20.8 Å². The van der Waals surface area contributed by atoms with Gasteiger partial charge in [-0.2, -0.15) is 0 Å². The van der Waals surface area contributed by atoms with Crippen molar-refractivity contribution in [1.82, 2.24) is 9.97 Å². The van der Waals surface area contributed by atoms with Crippen molar-refractivity contribution >= 4 is 5.69 Å². The molecule has 2 N–H and O–H groups in total. The largest absolute Gasteiger partial charge is 0.435 e. The van der Waals surface area contributed by atoms with Gasteiger partial charge in [0.15, 0.2) is 0 Å². The molecule has 4 nitrogen and oxygen atoms in total. The number of anilines is 1. The molecule has 0 aliphatic rings. The second kappa shape index (κ2) is 4.64. The first-order valence-corrected chi connectivity index (χ1v) is 5.81. The number of pyridine rings is 2. The van der Waals surface area contributed by atoms with E-state index in [-0.39, 0.29) is 5.41 Å². The molecular formula is C14H17N3O. The maximum Gasteiger partial charge on any atom is 0.242 e. The third-order valence-corrected chi connectivity index (χ3v) is 2.59. The topological polar surface area (TPSA) is 61.0 Å². The highest BCUT2D eigenvalue weighted by Gasteiger charge is 2.15. The second-order valence-corrected chi connectivity index (χ2v) is 5.16. The Morgan fingerprint density at radius 2 is 2.00 bits per heavy atom. The minimum atomic E-state index is 0.0298. The minimum absolute atomic E-state index is 0.0298. The molecule has 2 aromatic heterocycles. The molecule has 0 fully saturated rings. The first-order chi connectivity index (χ1) is 8.47. The van der Waals surface area contributed by atoms with Crippen LogP contribution in [0.3, 0.4) is 0 Å². The number of aromatic nitrogens is 2. The van der Waals surface area contributed by atoms with Crippen molar-refractivity contribution in [3.05, 3.63) is 42.4 Å². The van der Waals surface area contributed by atoms with Crippen LogP contribution in [-0.4, -0.2) is 9.97 Å². The summed E-state index contributed by atoms with van der Waals surface area (Å²) >= 11 is 0. The van der Waals surface area contributed by atoms with Gasteiger partial charge < -0.3 is 10.5 Å². The summed E-state index contributed by atoms with van der Waals surface area (Å²) in [7, 11) is 0. The number of nitrogens with two attached hydrogens (primary N) is 1. The molecule has 18 heavy (non-hydrogen) atoms. The van der Waals surface area contributed by atoms with Gasteiger partial charge >= 0.3 is 0 Å². The van der Waals surface area contributed by atoms with Gasteiger partial charge in [-0.05, 0) is 29.2 Å². The van der Waals surface area contributed by atoms with Crippen LogP contribution in [-0.2, 0) is 5.41 Å². The molecule has 2 rings (SSSR count). The molecule has 0 radical (unpaired) electrons. The highest BCUT2D eigenvalue weighted by molar-refractivity contribution is 5.48. The Labute approximate surface area is 107 Å². The van der Waals surface area contributed by atoms with E-state index in [1.807, 2.05) is 12.3 Å². The minimum Gasteiger partial charge on any atom is -0.435 e. The van der Waals surface area contributed by atoms with Gasteiger partial charge in [0.2, 0.25) is 5.88 Å². The van der Waals surface area contributed by atoms with E-state index in [0.717, 1.165) is 5.56 Å². The van der Waals surface area contributed by atoms with Crippen LogP contribution in [0.1, 0.15) is 26.3 Å². The lowest BCUT2D eigenvalue weighted by atomic mass is 9.88. The fraction of sp³-hybridized carbons (Fsp3) is 0.286. The van der Waals surface area contributed by atoms with Crippen molar-refractivity contribution in [2.24, 2.45) is 0 Å². The lowest BCUT2D eigenvalue weighted by Gasteiger charge is -2.19. The summed E-state index contributed by atoms with van der Waals surface area (Å²) in [4.78, 5) is 8.27. The average molecular weight is 243 g/mol. The SMILES string of the molecule is CC(C)(C)c1cncc(Oc2ncccc2N)c1. The van der Waals surface area contributed by atoms with Crippen LogP contribution in [0.2, 0.25) is 0 Å². The standard InChI is InChI=1S/C14H17N3O/c1-14(2,3)10-7-11(9-16-8-10)18-13-12(15)5-4-6-17-13/h4-9H,15H2,1-3H3. The Balaban J connectivity index is 2.28. The van der Waals surface area contributed by atoms with Crippen LogP contribution in [0.5, 0.6) is 11.6 Å². The molecule has 0 spiro atoms. The highest BCUT2D eigenvalue weighted by atomic mass is 16.5. The fourth-order valence-electron chi connectivity index (χ4n) is 1.48. The first kappa shape index (κ1) is 12.4. The zero-order chi connectivity index (χ0) is 13.2. The van der Waals surface area contributed by atoms with Gasteiger partial charge in [-0.15, -0.1) is 0 Å². The van der Waals surface area contributed by atoms with E-state index >= 15 is 0 Å². The van der Waals surface area contributed by atoms with Crippen LogP contribution in [0, 0.1) is 0 Å². The Kier molecular flexibility index (Phi) is 3.19. The smallest absolute Gasteiger partial charge is 0.242 e. The van der Waals surface area contributed by atoms with Crippen molar-refractivity contribution in [1.29, 1.82) is 0 Å². The molecule has 0 atom stereocenters. The Morgan fingerprint density at radius 1 is 1.22 bits per heavy atom. The maximum atomic E-state index is 5.78. The third-order valence-electron chi connectivity index (χ3n) is 2.59. The van der Waals surface area contributed by atoms with Crippen molar-refractivity contribution in [3.8, 4) is 11.6 Å². The van der Waals surface area contributed by atoms with Gasteiger partial charge in [0.05, 0.1) is 11.9 Å². The lowest BCUT2D eigenvalue weighted by Crippen LogP contribution is -2.11. The molecule has 0 aliphatic heterocycles. The predicted octanol–water partition coefficient (Wildman–Crippen LogP) is 3.15. The summed E-state index contributed by atoms with van der Waals surface area (Å²) in [6.45, 7) is 6.38. The van der Waals surface area contributed by atoms with E-state index < -0.39 is 0 Å². The van der Waals surface area contributed by atoms with E-state index in [0.29, 0.717) is 17.3 Å². The Morgan fingerprint density at radius 3 is 2.67 bits per heavy atom. The number of nitrogens with zero attached hydrogens (tertiary/aromatic N) is 2. The molecule has 94 valence electrons. The normalized spacial score (nSPS) is 11.3. The van der Waals surface area contributed by atoms with Gasteiger partial charge in [0, 0.05) is 12.4 Å². The van der Waals surface area contributed by atoms with Crippen molar-refractivity contribution in [3.63, 3.8) is 0 Å². The Bertz CT molecular complexity index is 547. The number of ether oxygens (including phenoxy) is 1. The molecule has 0 aliphatic carbocycles. The zero-order valence-corrected chi connectivity index (χ0v) is 10.8. The van der Waals surface area contributed by atoms with Crippen LogP contribution in [0.4, 0.5) is 5.69 Å². The van der Waals surface area contributed by atoms with Gasteiger partial charge in [0.25, 0.3) is 0 Å². The van der Waals surface area contributed by atoms with Crippen LogP contribution < -0.4 is 10.5 Å². The van der Waals surface area contributed by atoms with Crippen LogP contribution >= 0.6 is 0 Å². The summed E-state index contributed by atoms with van der Waals surface area (Å²) in [6, 6.07) is 5.48. The monoisotopic (exact) mass is 243 g/mol. The quantitative estimate of drug-likeness (QED) is 0.880. The molecule has 0 aromatic carbocycles.